The molecule has 0 unspecified atom stereocenters. The van der Waals surface area contributed by atoms with Crippen molar-refractivity contribution in [1.29, 1.82) is 0 Å². The number of carbonyl (C=O) groups excluding carboxylic acids is 2. The molecule has 2 amide bonds. The summed E-state index contributed by atoms with van der Waals surface area (Å²) >= 11 is 0. The topological polar surface area (TPSA) is 76.1 Å². The Kier molecular flexibility index (Phi) is 6.91. The minimum atomic E-state index is -1.20. The molecule has 1 N–H and O–H groups in total. The molecule has 134 valence electrons. The molecule has 1 aliphatic heterocycles. The highest BCUT2D eigenvalue weighted by Crippen LogP contribution is 2.20. The number of ether oxygens (including phenoxy) is 2. The third-order valence-corrected chi connectivity index (χ3v) is 3.85. The molecule has 6 nitrogen and oxygen atoms in total. The molecule has 0 saturated carbocycles. The van der Waals surface area contributed by atoms with Crippen molar-refractivity contribution in [3.05, 3.63) is 60.7 Å². The molecule has 1 aromatic carbocycles. The van der Waals surface area contributed by atoms with E-state index in [1.54, 1.807) is 13.0 Å². The number of cyclic esters (lactones) is 1. The molecule has 3 atom stereocenters. The number of hydrogen-bond donors (Lipinski definition) is 1. The first-order valence-corrected chi connectivity index (χ1v) is 8.15. The lowest BCUT2D eigenvalue weighted by atomic mass is 10.0. The number of carbonyl (C=O) groups is 2. The van der Waals surface area contributed by atoms with Crippen LogP contribution in [0.4, 0.5) is 4.79 Å². The van der Waals surface area contributed by atoms with E-state index >= 15 is 0 Å². The van der Waals surface area contributed by atoms with E-state index in [0.29, 0.717) is 6.42 Å². The Morgan fingerprint density at radius 1 is 1.48 bits per heavy atom. The quantitative estimate of drug-likeness (QED) is 0.730. The van der Waals surface area contributed by atoms with Gasteiger partial charge in [-0.25, -0.2) is 9.69 Å². The molecule has 0 aliphatic carbocycles. The molecular weight excluding hydrogens is 322 g/mol. The van der Waals surface area contributed by atoms with Crippen molar-refractivity contribution in [2.24, 2.45) is 0 Å². The van der Waals surface area contributed by atoms with Crippen molar-refractivity contribution in [3.63, 3.8) is 0 Å². The van der Waals surface area contributed by atoms with Gasteiger partial charge in [-0.15, -0.1) is 6.58 Å². The summed E-state index contributed by atoms with van der Waals surface area (Å²) in [6, 6.07) is 9.10. The summed E-state index contributed by atoms with van der Waals surface area (Å²) in [5.41, 5.74) is 0.987. The molecule has 0 aromatic heterocycles. The van der Waals surface area contributed by atoms with Crippen molar-refractivity contribution in [2.75, 3.05) is 13.2 Å². The van der Waals surface area contributed by atoms with Gasteiger partial charge < -0.3 is 14.6 Å². The number of allylic oxidation sites excluding steroid dienone is 1. The number of hydrogen-bond acceptors (Lipinski definition) is 5. The van der Waals surface area contributed by atoms with Crippen molar-refractivity contribution in [2.45, 2.75) is 31.6 Å². The molecule has 0 spiro atoms. The molecule has 25 heavy (non-hydrogen) atoms. The van der Waals surface area contributed by atoms with Crippen LogP contribution in [-0.4, -0.2) is 53.5 Å². The highest BCUT2D eigenvalue weighted by molar-refractivity contribution is 5.96. The first-order chi connectivity index (χ1) is 12.1. The smallest absolute Gasteiger partial charge is 0.417 e. The van der Waals surface area contributed by atoms with Gasteiger partial charge in [0.05, 0.1) is 12.6 Å². The molecule has 1 heterocycles. The lowest BCUT2D eigenvalue weighted by Gasteiger charge is -2.26. The Labute approximate surface area is 147 Å². The maximum atomic E-state index is 12.9. The summed E-state index contributed by atoms with van der Waals surface area (Å²) in [5, 5.41) is 10.2. The van der Waals surface area contributed by atoms with Crippen LogP contribution in [0.5, 0.6) is 0 Å². The number of imide groups is 1. The van der Waals surface area contributed by atoms with Gasteiger partial charge in [-0.05, 0) is 18.9 Å². The first-order valence-electron chi connectivity index (χ1n) is 8.15. The molecular formula is C19H23NO5. The SMILES string of the molecule is C=CCO[C@H](C(=O)N1C(=O)OC[C@@H]1Cc1ccccc1)[C@H](O)/C=C/C. The molecule has 2 rings (SSSR count). The van der Waals surface area contributed by atoms with Crippen LogP contribution in [0.3, 0.4) is 0 Å². The van der Waals surface area contributed by atoms with E-state index in [-0.39, 0.29) is 13.2 Å². The van der Waals surface area contributed by atoms with E-state index in [2.05, 4.69) is 6.58 Å². The summed E-state index contributed by atoms with van der Waals surface area (Å²) in [4.78, 5) is 26.0. The number of aliphatic hydroxyl groups excluding tert-OH is 1. The van der Waals surface area contributed by atoms with Crippen molar-refractivity contribution in [1.82, 2.24) is 4.90 Å². The third kappa shape index (κ3) is 4.78. The van der Waals surface area contributed by atoms with Crippen molar-refractivity contribution in [3.8, 4) is 0 Å². The highest BCUT2D eigenvalue weighted by atomic mass is 16.6. The molecule has 6 heteroatoms. The zero-order valence-corrected chi connectivity index (χ0v) is 14.2. The van der Waals surface area contributed by atoms with E-state index in [1.807, 2.05) is 30.3 Å². The first kappa shape index (κ1) is 18.9. The maximum Gasteiger partial charge on any atom is 0.417 e. The summed E-state index contributed by atoms with van der Waals surface area (Å²) in [5.74, 6) is -0.615. The van der Waals surface area contributed by atoms with Gasteiger partial charge in [0.1, 0.15) is 12.7 Å². The summed E-state index contributed by atoms with van der Waals surface area (Å²) in [7, 11) is 0. The predicted molar refractivity (Wildman–Crippen MR) is 92.9 cm³/mol. The Morgan fingerprint density at radius 2 is 2.20 bits per heavy atom. The summed E-state index contributed by atoms with van der Waals surface area (Å²) < 4.78 is 10.5. The fraction of sp³-hybridized carbons (Fsp3) is 0.368. The molecule has 0 radical (unpaired) electrons. The second kappa shape index (κ2) is 9.15. The number of benzene rings is 1. The predicted octanol–water partition coefficient (Wildman–Crippen LogP) is 2.08. The molecule has 0 bridgehead atoms. The van der Waals surface area contributed by atoms with Gasteiger partial charge in [0, 0.05) is 0 Å². The van der Waals surface area contributed by atoms with E-state index in [4.69, 9.17) is 9.47 Å². The maximum absolute atomic E-state index is 12.9. The number of rotatable bonds is 8. The van der Waals surface area contributed by atoms with Crippen LogP contribution >= 0.6 is 0 Å². The Bertz CT molecular complexity index is 628. The van der Waals surface area contributed by atoms with Gasteiger partial charge in [0.25, 0.3) is 5.91 Å². The van der Waals surface area contributed by atoms with E-state index in [1.165, 1.54) is 12.2 Å². The van der Waals surface area contributed by atoms with Crippen molar-refractivity contribution < 1.29 is 24.2 Å². The Balaban J connectivity index is 2.18. The van der Waals surface area contributed by atoms with Gasteiger partial charge in [-0.2, -0.15) is 0 Å². The van der Waals surface area contributed by atoms with Gasteiger partial charge >= 0.3 is 6.09 Å². The average Bonchev–Trinajstić information content (AvgIpc) is 2.96. The van der Waals surface area contributed by atoms with Crippen molar-refractivity contribution >= 4 is 12.0 Å². The largest absolute Gasteiger partial charge is 0.447 e. The van der Waals surface area contributed by atoms with Gasteiger partial charge in [0.2, 0.25) is 0 Å². The van der Waals surface area contributed by atoms with Crippen LogP contribution in [0.2, 0.25) is 0 Å². The second-order valence-corrected chi connectivity index (χ2v) is 5.69. The fourth-order valence-corrected chi connectivity index (χ4v) is 2.69. The average molecular weight is 345 g/mol. The number of aliphatic hydroxyl groups is 1. The van der Waals surface area contributed by atoms with Gasteiger partial charge in [-0.3, -0.25) is 4.79 Å². The lowest BCUT2D eigenvalue weighted by Crippen LogP contribution is -2.50. The van der Waals surface area contributed by atoms with Crippen LogP contribution < -0.4 is 0 Å². The molecule has 1 aliphatic rings. The minimum absolute atomic E-state index is 0.0806. The highest BCUT2D eigenvalue weighted by Gasteiger charge is 2.42. The van der Waals surface area contributed by atoms with Crippen LogP contribution in [0.1, 0.15) is 12.5 Å². The molecule has 1 saturated heterocycles. The third-order valence-electron chi connectivity index (χ3n) is 3.85. The fourth-order valence-electron chi connectivity index (χ4n) is 2.69. The molecule has 1 aromatic rings. The molecule has 1 fully saturated rings. The Morgan fingerprint density at radius 3 is 2.84 bits per heavy atom. The minimum Gasteiger partial charge on any atom is -0.447 e. The monoisotopic (exact) mass is 345 g/mol. The van der Waals surface area contributed by atoms with E-state index < -0.39 is 30.3 Å². The normalized spacial score (nSPS) is 19.7. The second-order valence-electron chi connectivity index (χ2n) is 5.69. The summed E-state index contributed by atoms with van der Waals surface area (Å²) in [6.45, 7) is 5.46. The van der Waals surface area contributed by atoms with Crippen LogP contribution in [0, 0.1) is 0 Å². The van der Waals surface area contributed by atoms with Gasteiger partial charge in [0.15, 0.2) is 6.10 Å². The summed E-state index contributed by atoms with van der Waals surface area (Å²) in [6.07, 6.45) is 1.94. The number of nitrogens with zero attached hydrogens (tertiary/aromatic N) is 1. The number of amides is 2. The Hall–Kier alpha value is -2.44. The van der Waals surface area contributed by atoms with Gasteiger partial charge in [-0.1, -0.05) is 48.6 Å². The standard InChI is InChI=1S/C19H23NO5/c1-3-8-16(21)17(24-11-4-2)18(22)20-15(13-25-19(20)23)12-14-9-6-5-7-10-14/h3-10,15-17,21H,2,11-13H2,1H3/b8-3+/t15-,16+,17-/m0/s1. The van der Waals surface area contributed by atoms with Crippen LogP contribution in [0.25, 0.3) is 0 Å². The zero-order valence-electron chi connectivity index (χ0n) is 14.2. The lowest BCUT2D eigenvalue weighted by molar-refractivity contribution is -0.146. The van der Waals surface area contributed by atoms with E-state index in [9.17, 15) is 14.7 Å². The van der Waals surface area contributed by atoms with Crippen LogP contribution in [-0.2, 0) is 20.7 Å². The van der Waals surface area contributed by atoms with Crippen LogP contribution in [0.15, 0.2) is 55.1 Å². The van der Waals surface area contributed by atoms with E-state index in [0.717, 1.165) is 10.5 Å². The zero-order chi connectivity index (χ0) is 18.2.